The van der Waals surface area contributed by atoms with Gasteiger partial charge in [0.2, 0.25) is 0 Å². The van der Waals surface area contributed by atoms with Crippen LogP contribution in [-0.4, -0.2) is 11.0 Å². The third-order valence-corrected chi connectivity index (χ3v) is 2.30. The summed E-state index contributed by atoms with van der Waals surface area (Å²) in [5, 5.41) is 0.595. The second-order valence-corrected chi connectivity index (χ2v) is 3.43. The number of hydrogen-bond donors (Lipinski definition) is 0. The second kappa shape index (κ2) is 3.51. The molecule has 0 bridgehead atoms. The van der Waals surface area contributed by atoms with Crippen molar-refractivity contribution in [3.05, 3.63) is 28.6 Å². The minimum absolute atomic E-state index is 0.202. The lowest BCUT2D eigenvalue weighted by Gasteiger charge is -2.08. The molecule has 0 radical (unpaired) electrons. The molecule has 2 aliphatic rings. The van der Waals surface area contributed by atoms with Gasteiger partial charge in [0.1, 0.15) is 5.17 Å². The zero-order valence-corrected chi connectivity index (χ0v) is 8.23. The number of allylic oxidation sites excluding steroid dienone is 4. The van der Waals surface area contributed by atoms with Crippen molar-refractivity contribution in [3.8, 4) is 0 Å². The van der Waals surface area contributed by atoms with Gasteiger partial charge in [0, 0.05) is 11.4 Å². The van der Waals surface area contributed by atoms with Crippen molar-refractivity contribution in [1.29, 1.82) is 0 Å². The normalized spacial score (nSPS) is 20.8. The van der Waals surface area contributed by atoms with Crippen LogP contribution in [0.15, 0.2) is 38.6 Å². The third-order valence-electron chi connectivity index (χ3n) is 1.84. The molecule has 66 valence electrons. The van der Waals surface area contributed by atoms with E-state index in [0.29, 0.717) is 5.17 Å². The Morgan fingerprint density at radius 3 is 3.08 bits per heavy atom. The number of rotatable bonds is 0. The third kappa shape index (κ3) is 1.75. The molecule has 0 saturated carbocycles. The molecule has 0 fully saturated rings. The average Bonchev–Trinajstić information content (AvgIpc) is 2.27. The van der Waals surface area contributed by atoms with Crippen molar-refractivity contribution in [3.63, 3.8) is 0 Å². The van der Waals surface area contributed by atoms with Crippen LogP contribution in [0.3, 0.4) is 0 Å². The van der Waals surface area contributed by atoms with Gasteiger partial charge in [0.15, 0.2) is 5.16 Å². The Hall–Kier alpha value is -0.820. The summed E-state index contributed by atoms with van der Waals surface area (Å²) in [7, 11) is 0. The standard InChI is InChI=1S/C9H6Cl2N2/c10-8-5-12-7-4-2-1-3-6(7)9(11)13-8/h1,3H,2,4H2. The van der Waals surface area contributed by atoms with Gasteiger partial charge in [-0.2, -0.15) is 0 Å². The summed E-state index contributed by atoms with van der Waals surface area (Å²) < 4.78 is 0. The van der Waals surface area contributed by atoms with Crippen molar-refractivity contribution < 1.29 is 0 Å². The van der Waals surface area contributed by atoms with Crippen LogP contribution in [0.4, 0.5) is 0 Å². The van der Waals surface area contributed by atoms with Crippen molar-refractivity contribution >= 4 is 34.2 Å². The molecule has 1 aliphatic heterocycles. The summed E-state index contributed by atoms with van der Waals surface area (Å²) in [6.45, 7) is 0. The Bertz CT molecular complexity index is 396. The molecule has 2 rings (SSSR count). The van der Waals surface area contributed by atoms with Crippen LogP contribution in [0.1, 0.15) is 12.8 Å². The van der Waals surface area contributed by atoms with Crippen LogP contribution in [-0.2, 0) is 0 Å². The van der Waals surface area contributed by atoms with E-state index < -0.39 is 0 Å². The molecule has 1 aliphatic carbocycles. The molecule has 0 unspecified atom stereocenters. The Kier molecular flexibility index (Phi) is 2.36. The number of aliphatic imine (C=N–C) groups is 2. The summed E-state index contributed by atoms with van der Waals surface area (Å²) in [4.78, 5) is 8.00. The summed E-state index contributed by atoms with van der Waals surface area (Å²) >= 11 is 11.6. The molecule has 0 atom stereocenters. The maximum absolute atomic E-state index is 5.93. The van der Waals surface area contributed by atoms with Gasteiger partial charge in [-0.15, -0.1) is 0 Å². The Labute approximate surface area is 86.0 Å². The molecule has 13 heavy (non-hydrogen) atoms. The molecule has 0 N–H and O–H groups in total. The van der Waals surface area contributed by atoms with E-state index in [-0.39, 0.29) is 5.16 Å². The largest absolute Gasteiger partial charge is 0.214 e. The topological polar surface area (TPSA) is 24.7 Å². The van der Waals surface area contributed by atoms with Gasteiger partial charge in [0.05, 0.1) is 5.70 Å². The van der Waals surface area contributed by atoms with Crippen LogP contribution in [0.25, 0.3) is 0 Å². The van der Waals surface area contributed by atoms with Crippen LogP contribution in [0, 0.1) is 0 Å². The van der Waals surface area contributed by atoms with E-state index in [0.717, 1.165) is 24.1 Å². The minimum Gasteiger partial charge on any atom is -0.214 e. The van der Waals surface area contributed by atoms with Gasteiger partial charge < -0.3 is 0 Å². The van der Waals surface area contributed by atoms with Crippen LogP contribution < -0.4 is 0 Å². The predicted molar refractivity (Wildman–Crippen MR) is 55.5 cm³/mol. The highest BCUT2D eigenvalue weighted by molar-refractivity contribution is 6.70. The molecule has 4 heteroatoms. The lowest BCUT2D eigenvalue weighted by molar-refractivity contribution is 0.939. The molecule has 0 aromatic carbocycles. The highest BCUT2D eigenvalue weighted by Crippen LogP contribution is 2.24. The quantitative estimate of drug-likeness (QED) is 0.552. The summed E-state index contributed by atoms with van der Waals surface area (Å²) in [5.41, 5.74) is 1.77. The maximum Gasteiger partial charge on any atom is 0.192 e. The number of nitrogens with zero attached hydrogens (tertiary/aromatic N) is 2. The van der Waals surface area contributed by atoms with E-state index in [9.17, 15) is 0 Å². The van der Waals surface area contributed by atoms with Crippen molar-refractivity contribution in [1.82, 2.24) is 0 Å². The molecular weight excluding hydrogens is 207 g/mol. The van der Waals surface area contributed by atoms with Crippen LogP contribution in [0.5, 0.6) is 0 Å². The Balaban J connectivity index is 2.54. The molecule has 0 amide bonds. The monoisotopic (exact) mass is 212 g/mol. The smallest absolute Gasteiger partial charge is 0.192 e. The fourth-order valence-electron chi connectivity index (χ4n) is 1.24. The number of hydrogen-bond acceptors (Lipinski definition) is 2. The van der Waals surface area contributed by atoms with E-state index in [1.807, 2.05) is 12.2 Å². The Morgan fingerprint density at radius 1 is 1.38 bits per heavy atom. The van der Waals surface area contributed by atoms with Gasteiger partial charge in [-0.3, -0.25) is 0 Å². The summed E-state index contributed by atoms with van der Waals surface area (Å²) in [6, 6.07) is 0. The van der Waals surface area contributed by atoms with Crippen LogP contribution in [0.2, 0.25) is 0 Å². The fourth-order valence-corrected chi connectivity index (χ4v) is 1.67. The van der Waals surface area contributed by atoms with Crippen molar-refractivity contribution in [2.45, 2.75) is 12.8 Å². The second-order valence-electron chi connectivity index (χ2n) is 2.72. The zero-order valence-electron chi connectivity index (χ0n) is 6.72. The fraction of sp³-hybridized carbons (Fsp3) is 0.222. The molecule has 0 saturated heterocycles. The van der Waals surface area contributed by atoms with Gasteiger partial charge >= 0.3 is 0 Å². The molecule has 0 aromatic rings. The summed E-state index contributed by atoms with van der Waals surface area (Å²) in [6.07, 6.45) is 5.82. The van der Waals surface area contributed by atoms with Crippen LogP contribution >= 0.6 is 23.2 Å². The SMILES string of the molecule is ClC1=C=NC2=C(C=CCC2)C(Cl)=N1. The van der Waals surface area contributed by atoms with E-state index in [2.05, 4.69) is 15.9 Å². The van der Waals surface area contributed by atoms with Crippen molar-refractivity contribution in [2.75, 3.05) is 0 Å². The maximum atomic E-state index is 5.93. The first-order valence-electron chi connectivity index (χ1n) is 3.91. The lowest BCUT2D eigenvalue weighted by Crippen LogP contribution is -1.98. The first kappa shape index (κ1) is 8.76. The predicted octanol–water partition coefficient (Wildman–Crippen LogP) is 2.99. The highest BCUT2D eigenvalue weighted by atomic mass is 35.5. The summed E-state index contributed by atoms with van der Waals surface area (Å²) in [5.74, 6) is 2.62. The van der Waals surface area contributed by atoms with Crippen molar-refractivity contribution in [2.24, 2.45) is 9.98 Å². The van der Waals surface area contributed by atoms with Gasteiger partial charge in [0.25, 0.3) is 0 Å². The zero-order chi connectivity index (χ0) is 9.26. The minimum atomic E-state index is 0.202. The van der Waals surface area contributed by atoms with Gasteiger partial charge in [-0.25, -0.2) is 9.98 Å². The van der Waals surface area contributed by atoms with E-state index in [1.165, 1.54) is 0 Å². The van der Waals surface area contributed by atoms with E-state index >= 15 is 0 Å². The first-order chi connectivity index (χ1) is 6.27. The average molecular weight is 213 g/mol. The highest BCUT2D eigenvalue weighted by Gasteiger charge is 2.13. The molecular formula is C9H6Cl2N2. The molecule has 2 nitrogen and oxygen atoms in total. The molecule has 1 heterocycles. The van der Waals surface area contributed by atoms with E-state index in [1.54, 1.807) is 0 Å². The van der Waals surface area contributed by atoms with E-state index in [4.69, 9.17) is 23.2 Å². The number of halogens is 2. The van der Waals surface area contributed by atoms with Gasteiger partial charge in [-0.1, -0.05) is 35.4 Å². The first-order valence-corrected chi connectivity index (χ1v) is 4.66. The molecule has 0 spiro atoms. The Morgan fingerprint density at radius 2 is 2.23 bits per heavy atom. The molecule has 0 aromatic heterocycles. The lowest BCUT2D eigenvalue weighted by atomic mass is 10.0. The van der Waals surface area contributed by atoms with Gasteiger partial charge in [-0.05, 0) is 12.8 Å².